The molecule has 1 aliphatic heterocycles. The first kappa shape index (κ1) is 20.6. The molecular weight excluding hydrogens is 400 g/mol. The number of piperidine rings is 1. The molecule has 9 heteroatoms. The van der Waals surface area contributed by atoms with E-state index in [4.69, 9.17) is 0 Å². The van der Waals surface area contributed by atoms with Crippen LogP contribution in [-0.4, -0.2) is 43.0 Å². The Balaban J connectivity index is 1.48. The number of hydrogen-bond donors (Lipinski definition) is 2. The number of anilines is 1. The molecule has 2 N–H and O–H groups in total. The Hall–Kier alpha value is -2.68. The average Bonchev–Trinajstić information content (AvgIpc) is 3.41. The van der Waals surface area contributed by atoms with Crippen molar-refractivity contribution >= 4 is 29.0 Å². The zero-order valence-corrected chi connectivity index (χ0v) is 18.3. The fourth-order valence-electron chi connectivity index (χ4n) is 4.13. The van der Waals surface area contributed by atoms with Crippen LogP contribution < -0.4 is 10.9 Å². The van der Waals surface area contributed by atoms with Gasteiger partial charge in [0.1, 0.15) is 0 Å². The van der Waals surface area contributed by atoms with Crippen molar-refractivity contribution in [3.05, 3.63) is 44.0 Å². The molecule has 1 amide bonds. The molecule has 160 valence electrons. The second kappa shape index (κ2) is 8.99. The number of amides is 1. The molecule has 1 saturated heterocycles. The Morgan fingerprint density at radius 1 is 1.37 bits per heavy atom. The molecular formula is C21H28N6O2S. The summed E-state index contributed by atoms with van der Waals surface area (Å²) in [5.74, 6) is 0.969. The van der Waals surface area contributed by atoms with E-state index < -0.39 is 0 Å². The summed E-state index contributed by atoms with van der Waals surface area (Å²) in [6, 6.07) is 4.37. The van der Waals surface area contributed by atoms with Crippen molar-refractivity contribution in [3.8, 4) is 0 Å². The Morgan fingerprint density at radius 2 is 2.23 bits per heavy atom. The van der Waals surface area contributed by atoms with Crippen LogP contribution in [0.4, 0.5) is 5.95 Å². The normalized spacial score (nSPS) is 16.9. The summed E-state index contributed by atoms with van der Waals surface area (Å²) < 4.78 is 1.36. The van der Waals surface area contributed by atoms with Gasteiger partial charge >= 0.3 is 0 Å². The zero-order valence-electron chi connectivity index (χ0n) is 17.5. The lowest BCUT2D eigenvalue weighted by atomic mass is 9.99. The minimum absolute atomic E-state index is 0.133. The number of aryl methyl sites for hydroxylation is 1. The number of nitrogens with one attached hydrogen (secondary N) is 2. The molecule has 1 aliphatic rings. The summed E-state index contributed by atoms with van der Waals surface area (Å²) in [5, 5.41) is 8.20. The van der Waals surface area contributed by atoms with Gasteiger partial charge in [0.15, 0.2) is 0 Å². The SMILES string of the molecule is CC[C@H]1CCCCN1C(=O)CCc1c(C)nc2nc(NCc3cccs3)[nH]n2c1=O. The lowest BCUT2D eigenvalue weighted by Crippen LogP contribution is -2.43. The number of thiophene rings is 1. The summed E-state index contributed by atoms with van der Waals surface area (Å²) in [4.78, 5) is 37.8. The Labute approximate surface area is 179 Å². The monoisotopic (exact) mass is 428 g/mol. The second-order valence-corrected chi connectivity index (χ2v) is 8.80. The zero-order chi connectivity index (χ0) is 21.1. The van der Waals surface area contributed by atoms with Crippen molar-refractivity contribution in [3.63, 3.8) is 0 Å². The molecule has 0 aromatic carbocycles. The first-order valence-electron chi connectivity index (χ1n) is 10.6. The molecule has 8 nitrogen and oxygen atoms in total. The van der Waals surface area contributed by atoms with E-state index in [-0.39, 0.29) is 11.5 Å². The third-order valence-corrected chi connectivity index (χ3v) is 6.69. The van der Waals surface area contributed by atoms with Crippen molar-refractivity contribution in [1.82, 2.24) is 24.5 Å². The van der Waals surface area contributed by atoms with Gasteiger partial charge in [0.05, 0.1) is 12.2 Å². The Bertz CT molecular complexity index is 1070. The highest BCUT2D eigenvalue weighted by atomic mass is 32.1. The van der Waals surface area contributed by atoms with Gasteiger partial charge in [0.2, 0.25) is 11.9 Å². The van der Waals surface area contributed by atoms with Gasteiger partial charge in [-0.05, 0) is 50.5 Å². The van der Waals surface area contributed by atoms with E-state index in [2.05, 4.69) is 27.3 Å². The molecule has 4 rings (SSSR count). The summed E-state index contributed by atoms with van der Waals surface area (Å²) >= 11 is 1.66. The molecule has 3 aromatic rings. The Kier molecular flexibility index (Phi) is 6.17. The van der Waals surface area contributed by atoms with Crippen LogP contribution in [0.5, 0.6) is 0 Å². The summed E-state index contributed by atoms with van der Waals surface area (Å²) in [6.45, 7) is 5.39. The summed E-state index contributed by atoms with van der Waals surface area (Å²) in [7, 11) is 0. The minimum Gasteiger partial charge on any atom is -0.350 e. The molecule has 0 aliphatic carbocycles. The van der Waals surface area contributed by atoms with Crippen LogP contribution in [-0.2, 0) is 17.8 Å². The van der Waals surface area contributed by atoms with E-state index in [1.54, 1.807) is 11.3 Å². The van der Waals surface area contributed by atoms with Crippen molar-refractivity contribution < 1.29 is 4.79 Å². The van der Waals surface area contributed by atoms with E-state index in [1.807, 2.05) is 29.3 Å². The summed E-state index contributed by atoms with van der Waals surface area (Å²) in [5.41, 5.74) is 1.02. The lowest BCUT2D eigenvalue weighted by Gasteiger charge is -2.35. The predicted octanol–water partition coefficient (Wildman–Crippen LogP) is 3.12. The van der Waals surface area contributed by atoms with Crippen LogP contribution in [0.3, 0.4) is 0 Å². The van der Waals surface area contributed by atoms with Gasteiger partial charge in [-0.2, -0.15) is 9.50 Å². The molecule has 0 bridgehead atoms. The maximum atomic E-state index is 13.0. The van der Waals surface area contributed by atoms with Gasteiger partial charge < -0.3 is 10.2 Å². The van der Waals surface area contributed by atoms with E-state index in [9.17, 15) is 9.59 Å². The topological polar surface area (TPSA) is 95.4 Å². The van der Waals surface area contributed by atoms with Crippen LogP contribution in [0.15, 0.2) is 22.3 Å². The van der Waals surface area contributed by atoms with Crippen molar-refractivity contribution in [2.45, 2.75) is 65.0 Å². The maximum Gasteiger partial charge on any atom is 0.277 e. The molecule has 0 unspecified atom stereocenters. The highest BCUT2D eigenvalue weighted by Gasteiger charge is 2.25. The van der Waals surface area contributed by atoms with Crippen LogP contribution in [0.2, 0.25) is 0 Å². The number of aromatic amines is 1. The van der Waals surface area contributed by atoms with E-state index in [0.29, 0.717) is 48.4 Å². The molecule has 1 atom stereocenters. The molecule has 0 radical (unpaired) electrons. The van der Waals surface area contributed by atoms with Gasteiger partial charge in [-0.15, -0.1) is 11.3 Å². The summed E-state index contributed by atoms with van der Waals surface area (Å²) in [6.07, 6.45) is 5.03. The number of aromatic nitrogens is 4. The van der Waals surface area contributed by atoms with Gasteiger partial charge in [-0.25, -0.2) is 4.98 Å². The number of rotatable bonds is 7. The van der Waals surface area contributed by atoms with Crippen molar-refractivity contribution in [1.29, 1.82) is 0 Å². The van der Waals surface area contributed by atoms with Crippen LogP contribution in [0.25, 0.3) is 5.78 Å². The molecule has 3 aromatic heterocycles. The number of fused-ring (bicyclic) bond motifs is 1. The van der Waals surface area contributed by atoms with Gasteiger partial charge in [-0.1, -0.05) is 13.0 Å². The van der Waals surface area contributed by atoms with E-state index >= 15 is 0 Å². The molecule has 0 saturated carbocycles. The van der Waals surface area contributed by atoms with Crippen molar-refractivity contribution in [2.24, 2.45) is 0 Å². The highest BCUT2D eigenvalue weighted by molar-refractivity contribution is 7.09. The van der Waals surface area contributed by atoms with Gasteiger partial charge in [-0.3, -0.25) is 14.7 Å². The first-order chi connectivity index (χ1) is 14.6. The molecule has 4 heterocycles. The fraction of sp³-hybridized carbons (Fsp3) is 0.524. The van der Waals surface area contributed by atoms with Crippen molar-refractivity contribution in [2.75, 3.05) is 11.9 Å². The standard InChI is InChI=1S/C21H28N6O2S/c1-3-15-7-4-5-11-26(15)18(28)10-9-17-14(2)23-21-24-20(25-27(21)19(17)29)22-13-16-8-6-12-30-16/h6,8,12,15H,3-5,7,9-11,13H2,1-2H3,(H2,22,23,24,25)/t15-/m0/s1. The third-order valence-electron chi connectivity index (χ3n) is 5.81. The quantitative estimate of drug-likeness (QED) is 0.603. The van der Waals surface area contributed by atoms with Gasteiger partial charge in [0.25, 0.3) is 11.3 Å². The molecule has 30 heavy (non-hydrogen) atoms. The smallest absolute Gasteiger partial charge is 0.277 e. The van der Waals surface area contributed by atoms with E-state index in [1.165, 1.54) is 15.8 Å². The number of carbonyl (C=O) groups excluding carboxylic acids is 1. The lowest BCUT2D eigenvalue weighted by molar-refractivity contribution is -0.134. The number of likely N-dealkylation sites (tertiary alicyclic amines) is 1. The minimum atomic E-state index is -0.187. The van der Waals surface area contributed by atoms with Crippen LogP contribution in [0.1, 0.15) is 55.2 Å². The van der Waals surface area contributed by atoms with Crippen LogP contribution in [0, 0.1) is 6.92 Å². The number of hydrogen-bond acceptors (Lipinski definition) is 6. The molecule has 0 spiro atoms. The largest absolute Gasteiger partial charge is 0.350 e. The van der Waals surface area contributed by atoms with Crippen LogP contribution >= 0.6 is 11.3 Å². The average molecular weight is 429 g/mol. The van der Waals surface area contributed by atoms with Gasteiger partial charge in [0, 0.05) is 29.4 Å². The third kappa shape index (κ3) is 4.26. The molecule has 1 fully saturated rings. The Morgan fingerprint density at radius 3 is 3.00 bits per heavy atom. The fourth-order valence-corrected chi connectivity index (χ4v) is 4.78. The predicted molar refractivity (Wildman–Crippen MR) is 118 cm³/mol. The second-order valence-electron chi connectivity index (χ2n) is 7.77. The number of H-pyrrole nitrogens is 1. The first-order valence-corrected chi connectivity index (χ1v) is 11.5. The maximum absolute atomic E-state index is 13.0. The van der Waals surface area contributed by atoms with E-state index in [0.717, 1.165) is 25.8 Å². The number of nitrogens with zero attached hydrogens (tertiary/aromatic N) is 4. The highest BCUT2D eigenvalue weighted by Crippen LogP contribution is 2.21. The number of carbonyl (C=O) groups is 1.